The molecule has 0 spiro atoms. The van der Waals surface area contributed by atoms with Crippen molar-refractivity contribution in [3.8, 4) is 10.4 Å². The van der Waals surface area contributed by atoms with Crippen LogP contribution in [-0.4, -0.2) is 40.9 Å². The van der Waals surface area contributed by atoms with E-state index in [0.717, 1.165) is 77.4 Å². The van der Waals surface area contributed by atoms with Crippen molar-refractivity contribution >= 4 is 41.2 Å². The Morgan fingerprint density at radius 2 is 1.91 bits per heavy atom. The van der Waals surface area contributed by atoms with E-state index in [4.69, 9.17) is 12.2 Å². The summed E-state index contributed by atoms with van der Waals surface area (Å²) in [6, 6.07) is 8.44. The Kier molecular flexibility index (Phi) is 7.15. The van der Waals surface area contributed by atoms with Crippen LogP contribution in [0.25, 0.3) is 10.4 Å². The molecule has 7 heteroatoms. The molecule has 32 heavy (non-hydrogen) atoms. The second-order valence-corrected chi connectivity index (χ2v) is 10.7. The van der Waals surface area contributed by atoms with Gasteiger partial charge in [0.15, 0.2) is 3.95 Å². The molecule has 0 radical (unpaired) electrons. The van der Waals surface area contributed by atoms with Gasteiger partial charge in [-0.2, -0.15) is 0 Å². The zero-order chi connectivity index (χ0) is 22.8. The summed E-state index contributed by atoms with van der Waals surface area (Å²) in [6.07, 6.45) is 5.84. The zero-order valence-corrected chi connectivity index (χ0v) is 20.9. The van der Waals surface area contributed by atoms with Crippen molar-refractivity contribution in [1.29, 1.82) is 0 Å². The first kappa shape index (κ1) is 23.2. The van der Waals surface area contributed by atoms with Crippen molar-refractivity contribution < 1.29 is 9.59 Å². The SMILES string of the molecule is CCCN(CCC)C(=O)CN1C(=O)C2CCCCC2n2c1c(-c1cccc(C)c1)sc2=S. The first-order valence-corrected chi connectivity index (χ1v) is 13.1. The van der Waals surface area contributed by atoms with E-state index in [0.29, 0.717) is 0 Å². The molecule has 2 aromatic rings. The molecule has 1 saturated carbocycles. The molecule has 5 nitrogen and oxygen atoms in total. The number of anilines is 1. The lowest BCUT2D eigenvalue weighted by Crippen LogP contribution is -2.51. The molecule has 1 aromatic carbocycles. The van der Waals surface area contributed by atoms with Crippen LogP contribution in [0.5, 0.6) is 0 Å². The number of fused-ring (bicyclic) bond motifs is 3. The number of aromatic nitrogens is 1. The van der Waals surface area contributed by atoms with Gasteiger partial charge < -0.3 is 9.47 Å². The van der Waals surface area contributed by atoms with E-state index in [2.05, 4.69) is 43.5 Å². The van der Waals surface area contributed by atoms with E-state index in [1.165, 1.54) is 0 Å². The van der Waals surface area contributed by atoms with E-state index in [9.17, 15) is 9.59 Å². The van der Waals surface area contributed by atoms with E-state index in [-0.39, 0.29) is 30.3 Å². The highest BCUT2D eigenvalue weighted by molar-refractivity contribution is 7.73. The standard InChI is InChI=1S/C25H33N3O2S2/c1-4-13-26(14-5-2)21(29)16-27-23-22(18-10-8-9-17(3)15-18)32-25(31)28(23)20-12-7-6-11-19(20)24(27)30/h8-10,15,19-20H,4-7,11-14,16H2,1-3H3. The summed E-state index contributed by atoms with van der Waals surface area (Å²) in [5.74, 6) is 0.870. The first-order valence-electron chi connectivity index (χ1n) is 11.9. The lowest BCUT2D eigenvalue weighted by atomic mass is 9.82. The third kappa shape index (κ3) is 4.29. The van der Waals surface area contributed by atoms with Gasteiger partial charge >= 0.3 is 0 Å². The van der Waals surface area contributed by atoms with Crippen LogP contribution in [0.1, 0.15) is 64.0 Å². The minimum absolute atomic E-state index is 0.0233. The minimum Gasteiger partial charge on any atom is -0.341 e. The average Bonchev–Trinajstić information content (AvgIpc) is 3.13. The molecule has 2 heterocycles. The summed E-state index contributed by atoms with van der Waals surface area (Å²) in [4.78, 5) is 31.7. The van der Waals surface area contributed by atoms with Gasteiger partial charge in [0.2, 0.25) is 11.8 Å². The monoisotopic (exact) mass is 471 g/mol. The first-order chi connectivity index (χ1) is 15.5. The van der Waals surface area contributed by atoms with Gasteiger partial charge in [-0.25, -0.2) is 0 Å². The Balaban J connectivity index is 1.81. The molecule has 2 unspecified atom stereocenters. The van der Waals surface area contributed by atoms with Crippen LogP contribution >= 0.6 is 23.6 Å². The smallest absolute Gasteiger partial charge is 0.242 e. The van der Waals surface area contributed by atoms with Gasteiger partial charge in [-0.15, -0.1) is 11.3 Å². The molecule has 0 N–H and O–H groups in total. The number of carbonyl (C=O) groups excluding carboxylic acids is 2. The second-order valence-electron chi connectivity index (χ2n) is 9.02. The number of hydrogen-bond donors (Lipinski definition) is 0. The minimum atomic E-state index is -0.0819. The largest absolute Gasteiger partial charge is 0.341 e. The van der Waals surface area contributed by atoms with E-state index >= 15 is 0 Å². The molecule has 2 aliphatic rings. The Bertz CT molecular complexity index is 1050. The number of rotatable bonds is 7. The molecule has 0 saturated heterocycles. The van der Waals surface area contributed by atoms with Gasteiger partial charge in [0.1, 0.15) is 12.4 Å². The Morgan fingerprint density at radius 3 is 2.59 bits per heavy atom. The fourth-order valence-electron chi connectivity index (χ4n) is 5.20. The average molecular weight is 472 g/mol. The molecular formula is C25H33N3O2S2. The zero-order valence-electron chi connectivity index (χ0n) is 19.3. The third-order valence-electron chi connectivity index (χ3n) is 6.63. The van der Waals surface area contributed by atoms with Gasteiger partial charge in [0.05, 0.1) is 10.8 Å². The normalized spacial score (nSPS) is 20.1. The maximum absolute atomic E-state index is 13.8. The predicted molar refractivity (Wildman–Crippen MR) is 134 cm³/mol. The number of aryl methyl sites for hydroxylation is 1. The van der Waals surface area contributed by atoms with Crippen LogP contribution in [0.3, 0.4) is 0 Å². The number of amides is 2. The van der Waals surface area contributed by atoms with Gasteiger partial charge in [0.25, 0.3) is 0 Å². The lowest BCUT2D eigenvalue weighted by molar-refractivity contribution is -0.133. The molecule has 2 amide bonds. The maximum atomic E-state index is 13.8. The van der Waals surface area contributed by atoms with Crippen LogP contribution < -0.4 is 4.90 Å². The van der Waals surface area contributed by atoms with Crippen molar-refractivity contribution in [1.82, 2.24) is 9.47 Å². The number of nitrogens with zero attached hydrogens (tertiary/aromatic N) is 3. The number of hydrogen-bond acceptors (Lipinski definition) is 4. The summed E-state index contributed by atoms with van der Waals surface area (Å²) < 4.78 is 3.01. The van der Waals surface area contributed by atoms with Crippen LogP contribution in [-0.2, 0) is 9.59 Å². The molecule has 1 aromatic heterocycles. The van der Waals surface area contributed by atoms with Gasteiger partial charge in [-0.05, 0) is 50.4 Å². The van der Waals surface area contributed by atoms with E-state index < -0.39 is 0 Å². The van der Waals surface area contributed by atoms with Crippen molar-refractivity contribution in [2.75, 3.05) is 24.5 Å². The van der Waals surface area contributed by atoms with Crippen LogP contribution in [0.4, 0.5) is 5.82 Å². The van der Waals surface area contributed by atoms with Crippen molar-refractivity contribution in [2.24, 2.45) is 5.92 Å². The quantitative estimate of drug-likeness (QED) is 0.467. The highest BCUT2D eigenvalue weighted by Crippen LogP contribution is 2.48. The molecule has 0 bridgehead atoms. The Morgan fingerprint density at radius 1 is 1.19 bits per heavy atom. The summed E-state index contributed by atoms with van der Waals surface area (Å²) in [6.45, 7) is 7.78. The van der Waals surface area contributed by atoms with Crippen molar-refractivity contribution in [3.05, 3.63) is 33.8 Å². The van der Waals surface area contributed by atoms with Crippen LogP contribution in [0.2, 0.25) is 0 Å². The summed E-state index contributed by atoms with van der Waals surface area (Å²) in [5.41, 5.74) is 2.23. The molecule has 2 atom stereocenters. The summed E-state index contributed by atoms with van der Waals surface area (Å²) in [7, 11) is 0. The number of thiazole rings is 1. The highest BCUT2D eigenvalue weighted by Gasteiger charge is 2.44. The van der Waals surface area contributed by atoms with Crippen molar-refractivity contribution in [3.63, 3.8) is 0 Å². The molecule has 1 fully saturated rings. The Hall–Kier alpha value is -1.99. The van der Waals surface area contributed by atoms with Gasteiger partial charge in [-0.3, -0.25) is 14.5 Å². The van der Waals surface area contributed by atoms with Gasteiger partial charge in [-0.1, -0.05) is 56.5 Å². The highest BCUT2D eigenvalue weighted by atomic mass is 32.1. The van der Waals surface area contributed by atoms with Crippen LogP contribution in [0, 0.1) is 16.8 Å². The molecule has 4 rings (SSSR count). The molecule has 1 aliphatic heterocycles. The van der Waals surface area contributed by atoms with E-state index in [1.54, 1.807) is 16.2 Å². The molecule has 172 valence electrons. The van der Waals surface area contributed by atoms with E-state index in [1.807, 2.05) is 11.0 Å². The van der Waals surface area contributed by atoms with Crippen LogP contribution in [0.15, 0.2) is 24.3 Å². The second kappa shape index (κ2) is 9.87. The lowest BCUT2D eigenvalue weighted by Gasteiger charge is -2.42. The van der Waals surface area contributed by atoms with Crippen molar-refractivity contribution in [2.45, 2.75) is 65.3 Å². The number of carbonyl (C=O) groups is 2. The summed E-state index contributed by atoms with van der Waals surface area (Å²) in [5, 5.41) is 0. The predicted octanol–water partition coefficient (Wildman–Crippen LogP) is 5.98. The Labute approximate surface area is 200 Å². The fraction of sp³-hybridized carbons (Fsp3) is 0.560. The topological polar surface area (TPSA) is 45.6 Å². The fourth-order valence-corrected chi connectivity index (χ4v) is 6.71. The number of benzene rings is 1. The maximum Gasteiger partial charge on any atom is 0.242 e. The molecule has 1 aliphatic carbocycles. The molecular weight excluding hydrogens is 438 g/mol. The van der Waals surface area contributed by atoms with Gasteiger partial charge in [0, 0.05) is 19.1 Å². The summed E-state index contributed by atoms with van der Waals surface area (Å²) >= 11 is 7.42. The third-order valence-corrected chi connectivity index (χ3v) is 8.07.